The molecule has 0 amide bonds. The zero-order chi connectivity index (χ0) is 21.9. The van der Waals surface area contributed by atoms with E-state index in [9.17, 15) is 0 Å². The molecule has 0 N–H and O–H groups in total. The van der Waals surface area contributed by atoms with Gasteiger partial charge in [0, 0.05) is 18.5 Å². The maximum Gasteiger partial charge on any atom is 0.460 e. The topological polar surface area (TPSA) is 18.5 Å². The first-order chi connectivity index (χ1) is 13.9. The molecule has 0 radical (unpaired) electrons. The molecule has 1 saturated heterocycles. The number of aryl methyl sites for hydroxylation is 2. The van der Waals surface area contributed by atoms with Crippen molar-refractivity contribution in [2.75, 3.05) is 0 Å². The summed E-state index contributed by atoms with van der Waals surface area (Å²) < 4.78 is 14.1. The minimum Gasteiger partial charge on any atom is -0.511 e. The van der Waals surface area contributed by atoms with E-state index in [4.69, 9.17) is 8.85 Å². The third-order valence-corrected chi connectivity index (χ3v) is 9.94. The lowest BCUT2D eigenvalue weighted by molar-refractivity contribution is 0.364. The predicted molar refractivity (Wildman–Crippen MR) is 128 cm³/mol. The van der Waals surface area contributed by atoms with Crippen LogP contribution in [0.4, 0.5) is 0 Å². The lowest BCUT2D eigenvalue weighted by atomic mass is 9.81. The zero-order valence-electron chi connectivity index (χ0n) is 20.2. The third kappa shape index (κ3) is 3.93. The van der Waals surface area contributed by atoms with Crippen LogP contribution >= 0.6 is 0 Å². The van der Waals surface area contributed by atoms with Crippen molar-refractivity contribution in [2.24, 2.45) is 0 Å². The first-order valence-electron chi connectivity index (χ1n) is 11.5. The van der Waals surface area contributed by atoms with Gasteiger partial charge in [-0.3, -0.25) is 0 Å². The molecule has 2 aliphatic rings. The van der Waals surface area contributed by atoms with E-state index in [1.807, 2.05) is 0 Å². The molecule has 0 unspecified atom stereocenters. The highest BCUT2D eigenvalue weighted by atomic mass is 28.4. The second-order valence-electron chi connectivity index (χ2n) is 11.6. The Labute approximate surface area is 184 Å². The largest absolute Gasteiger partial charge is 0.511 e. The van der Waals surface area contributed by atoms with Crippen molar-refractivity contribution in [1.29, 1.82) is 0 Å². The molecule has 4 rings (SSSR count). The van der Waals surface area contributed by atoms with Gasteiger partial charge in [-0.2, -0.15) is 0 Å². The van der Waals surface area contributed by atoms with Gasteiger partial charge in [-0.1, -0.05) is 76.9 Å². The molecule has 1 spiro atoms. The van der Waals surface area contributed by atoms with E-state index in [1.54, 1.807) is 0 Å². The van der Waals surface area contributed by atoms with Gasteiger partial charge < -0.3 is 8.85 Å². The quantitative estimate of drug-likeness (QED) is 0.409. The third-order valence-electron chi connectivity index (χ3n) is 6.56. The molecule has 0 aliphatic carbocycles. The van der Waals surface area contributed by atoms with Crippen molar-refractivity contribution in [3.05, 3.63) is 57.6 Å². The average Bonchev–Trinajstić information content (AvgIpc) is 3.04. The number of rotatable bonds is 0. The number of hydrogen-bond donors (Lipinski definition) is 0. The van der Waals surface area contributed by atoms with E-state index in [0.29, 0.717) is 0 Å². The fourth-order valence-corrected chi connectivity index (χ4v) is 8.53. The van der Waals surface area contributed by atoms with Gasteiger partial charge >= 0.3 is 8.56 Å². The lowest BCUT2D eigenvalue weighted by Gasteiger charge is -2.37. The Morgan fingerprint density at radius 2 is 1.07 bits per heavy atom. The van der Waals surface area contributed by atoms with Crippen LogP contribution in [-0.4, -0.2) is 8.56 Å². The zero-order valence-corrected chi connectivity index (χ0v) is 21.2. The molecule has 3 heteroatoms. The Hall–Kier alpha value is -1.74. The summed E-state index contributed by atoms with van der Waals surface area (Å²) in [7, 11) is -2.36. The lowest BCUT2D eigenvalue weighted by Crippen LogP contribution is -2.47. The van der Waals surface area contributed by atoms with Crippen LogP contribution in [0, 0.1) is 13.8 Å². The summed E-state index contributed by atoms with van der Waals surface area (Å²) in [5.74, 6) is 2.23. The van der Waals surface area contributed by atoms with Crippen molar-refractivity contribution >= 4 is 8.56 Å². The van der Waals surface area contributed by atoms with E-state index >= 15 is 0 Å². The van der Waals surface area contributed by atoms with E-state index in [-0.39, 0.29) is 10.8 Å². The van der Waals surface area contributed by atoms with Crippen molar-refractivity contribution in [3.8, 4) is 11.5 Å². The highest BCUT2D eigenvalue weighted by Gasteiger charge is 2.48. The first-order valence-corrected chi connectivity index (χ1v) is 13.8. The van der Waals surface area contributed by atoms with Gasteiger partial charge in [0.25, 0.3) is 0 Å². The highest BCUT2D eigenvalue weighted by molar-refractivity contribution is 6.69. The molecular formula is C27H38O2Si. The second-order valence-corrected chi connectivity index (χ2v) is 14.8. The molecule has 2 aromatic carbocycles. The first kappa shape index (κ1) is 21.5. The molecule has 162 valence electrons. The molecule has 0 saturated carbocycles. The van der Waals surface area contributed by atoms with Crippen LogP contribution < -0.4 is 8.85 Å². The summed E-state index contributed by atoms with van der Waals surface area (Å²) in [6.45, 7) is 18.2. The maximum atomic E-state index is 7.07. The Morgan fingerprint density at radius 1 is 0.667 bits per heavy atom. The van der Waals surface area contributed by atoms with Crippen LogP contribution in [-0.2, 0) is 17.3 Å². The number of fused-ring (bicyclic) bond motifs is 2. The van der Waals surface area contributed by atoms with E-state index in [2.05, 4.69) is 79.7 Å². The van der Waals surface area contributed by atoms with Crippen molar-refractivity contribution in [3.63, 3.8) is 0 Å². The van der Waals surface area contributed by atoms with Gasteiger partial charge in [-0.25, -0.2) is 0 Å². The number of hydrogen-bond acceptors (Lipinski definition) is 2. The summed E-state index contributed by atoms with van der Waals surface area (Å²) in [5, 5.41) is 0. The van der Waals surface area contributed by atoms with Gasteiger partial charge in [0.1, 0.15) is 11.5 Å². The Balaban J connectivity index is 2.00. The molecule has 2 aliphatic heterocycles. The van der Waals surface area contributed by atoms with Crippen LogP contribution in [0.15, 0.2) is 24.3 Å². The van der Waals surface area contributed by atoms with Crippen molar-refractivity contribution in [1.82, 2.24) is 0 Å². The summed E-state index contributed by atoms with van der Waals surface area (Å²) in [5.41, 5.74) is 8.01. The Kier molecular flexibility index (Phi) is 5.12. The molecule has 1 fully saturated rings. The molecule has 2 heterocycles. The SMILES string of the molecule is Cc1cc2c(c(C(C)(C)C)c1)O[Si]1(CCCC1)Oc1c(cc(C)cc1C(C)(C)C)C2. The Bertz CT molecular complexity index is 896. The van der Waals surface area contributed by atoms with Crippen molar-refractivity contribution in [2.45, 2.75) is 97.6 Å². The molecule has 0 atom stereocenters. The monoisotopic (exact) mass is 422 g/mol. The summed E-state index contributed by atoms with van der Waals surface area (Å²) in [4.78, 5) is 0. The fourth-order valence-electron chi connectivity index (χ4n) is 5.03. The minimum absolute atomic E-state index is 0.0372. The van der Waals surface area contributed by atoms with Crippen LogP contribution in [0.2, 0.25) is 12.1 Å². The van der Waals surface area contributed by atoms with Crippen LogP contribution in [0.5, 0.6) is 11.5 Å². The van der Waals surface area contributed by atoms with E-state index < -0.39 is 8.56 Å². The van der Waals surface area contributed by atoms with Crippen LogP contribution in [0.25, 0.3) is 0 Å². The van der Waals surface area contributed by atoms with Crippen LogP contribution in [0.1, 0.15) is 87.8 Å². The molecule has 0 bridgehead atoms. The standard InChI is InChI=1S/C27H38O2Si/c1-18-13-20-17-21-14-19(2)16-23(27(6,7)8)25(21)29-30(11-9-10-12-30)28-24(20)22(15-18)26(3,4)5/h13-16H,9-12,17H2,1-8H3. The molecule has 30 heavy (non-hydrogen) atoms. The van der Waals surface area contributed by atoms with Gasteiger partial charge in [0.15, 0.2) is 0 Å². The van der Waals surface area contributed by atoms with Crippen molar-refractivity contribution < 1.29 is 8.85 Å². The predicted octanol–water partition coefficient (Wildman–Crippen LogP) is 7.50. The molecule has 0 aromatic heterocycles. The smallest absolute Gasteiger partial charge is 0.460 e. The van der Waals surface area contributed by atoms with E-state index in [0.717, 1.165) is 30.0 Å². The molecular weight excluding hydrogens is 384 g/mol. The summed E-state index contributed by atoms with van der Waals surface area (Å²) in [6, 6.07) is 11.5. The van der Waals surface area contributed by atoms with Crippen LogP contribution in [0.3, 0.4) is 0 Å². The highest BCUT2D eigenvalue weighted by Crippen LogP contribution is 2.47. The van der Waals surface area contributed by atoms with Gasteiger partial charge in [0.2, 0.25) is 0 Å². The minimum atomic E-state index is -2.36. The summed E-state index contributed by atoms with van der Waals surface area (Å²) >= 11 is 0. The molecule has 2 aromatic rings. The summed E-state index contributed by atoms with van der Waals surface area (Å²) in [6.07, 6.45) is 3.29. The fraction of sp³-hybridized carbons (Fsp3) is 0.556. The number of benzene rings is 2. The normalized spacial score (nSPS) is 18.1. The average molecular weight is 423 g/mol. The Morgan fingerprint density at radius 3 is 1.43 bits per heavy atom. The second kappa shape index (κ2) is 7.15. The van der Waals surface area contributed by atoms with E-state index in [1.165, 1.54) is 46.2 Å². The van der Waals surface area contributed by atoms with Gasteiger partial charge in [0.05, 0.1) is 0 Å². The maximum absolute atomic E-state index is 7.07. The van der Waals surface area contributed by atoms with Gasteiger partial charge in [-0.05, 0) is 59.8 Å². The molecule has 2 nitrogen and oxygen atoms in total. The van der Waals surface area contributed by atoms with Gasteiger partial charge in [-0.15, -0.1) is 0 Å².